The second-order valence-electron chi connectivity index (χ2n) is 11.5. The topological polar surface area (TPSA) is 134 Å². The van der Waals surface area contributed by atoms with E-state index < -0.39 is 41.7 Å². The van der Waals surface area contributed by atoms with Crippen LogP contribution in [0.25, 0.3) is 11.1 Å². The summed E-state index contributed by atoms with van der Waals surface area (Å²) in [6, 6.07) is 14.2. The molecule has 1 aliphatic carbocycles. The number of alkyl carbamates (subject to hydrolysis) is 2. The summed E-state index contributed by atoms with van der Waals surface area (Å²) in [4.78, 5) is 51.3. The van der Waals surface area contributed by atoms with Crippen molar-refractivity contribution in [3.63, 3.8) is 0 Å². The second kappa shape index (κ2) is 13.1. The molecule has 10 nitrogen and oxygen atoms in total. The molecule has 2 aliphatic rings. The number of nitrogens with zero attached hydrogens (tertiary/aromatic N) is 1. The fraction of sp³-hybridized carbons (Fsp3) is 0.484. The van der Waals surface area contributed by atoms with Crippen molar-refractivity contribution in [2.45, 2.75) is 76.5 Å². The number of ether oxygens (including phenoxy) is 2. The van der Waals surface area contributed by atoms with Crippen LogP contribution in [-0.2, 0) is 19.1 Å². The van der Waals surface area contributed by atoms with Crippen LogP contribution in [0.3, 0.4) is 0 Å². The van der Waals surface area contributed by atoms with E-state index in [1.165, 1.54) is 4.90 Å². The lowest BCUT2D eigenvalue weighted by molar-refractivity contribution is -0.149. The van der Waals surface area contributed by atoms with E-state index >= 15 is 0 Å². The highest BCUT2D eigenvalue weighted by Crippen LogP contribution is 2.44. The zero-order valence-corrected chi connectivity index (χ0v) is 23.9. The van der Waals surface area contributed by atoms with Crippen molar-refractivity contribution in [1.82, 2.24) is 15.5 Å². The molecule has 3 N–H and O–H groups in total. The summed E-state index contributed by atoms with van der Waals surface area (Å²) in [6.45, 7) is 6.09. The molecule has 10 heteroatoms. The lowest BCUT2D eigenvalue weighted by Crippen LogP contribution is -2.51. The van der Waals surface area contributed by atoms with Crippen LogP contribution in [0.1, 0.15) is 69.9 Å². The largest absolute Gasteiger partial charge is 0.480 e. The maximum atomic E-state index is 13.4. The predicted octanol–water partition coefficient (Wildman–Crippen LogP) is 4.66. The first kappa shape index (κ1) is 29.9. The van der Waals surface area contributed by atoms with Gasteiger partial charge in [0.15, 0.2) is 0 Å². The van der Waals surface area contributed by atoms with Crippen LogP contribution in [0.4, 0.5) is 9.59 Å². The Balaban J connectivity index is 1.37. The first-order chi connectivity index (χ1) is 19.5. The number of carboxylic acid groups (broad SMARTS) is 1. The van der Waals surface area contributed by atoms with Crippen molar-refractivity contribution < 1.29 is 33.8 Å². The molecule has 2 aromatic carbocycles. The number of benzene rings is 2. The lowest BCUT2D eigenvalue weighted by atomic mass is 9.98. The molecule has 0 saturated carbocycles. The molecule has 0 bridgehead atoms. The monoisotopic (exact) mass is 565 g/mol. The molecule has 1 heterocycles. The minimum Gasteiger partial charge on any atom is -0.480 e. The van der Waals surface area contributed by atoms with Gasteiger partial charge in [-0.3, -0.25) is 4.79 Å². The lowest BCUT2D eigenvalue weighted by Gasteiger charge is -2.27. The van der Waals surface area contributed by atoms with Gasteiger partial charge in [-0.15, -0.1) is 0 Å². The maximum Gasteiger partial charge on any atom is 0.407 e. The van der Waals surface area contributed by atoms with Gasteiger partial charge in [0.25, 0.3) is 0 Å². The number of aliphatic carboxylic acids is 1. The van der Waals surface area contributed by atoms with E-state index in [0.29, 0.717) is 38.8 Å². The number of hydrogen-bond acceptors (Lipinski definition) is 6. The van der Waals surface area contributed by atoms with Gasteiger partial charge in [0.05, 0.1) is 0 Å². The number of carboxylic acids is 1. The summed E-state index contributed by atoms with van der Waals surface area (Å²) >= 11 is 0. The predicted molar refractivity (Wildman–Crippen MR) is 152 cm³/mol. The number of carbonyl (C=O) groups excluding carboxylic acids is 3. The Morgan fingerprint density at radius 2 is 1.61 bits per heavy atom. The summed E-state index contributed by atoms with van der Waals surface area (Å²) < 4.78 is 10.9. The van der Waals surface area contributed by atoms with E-state index in [2.05, 4.69) is 22.8 Å². The Bertz CT molecular complexity index is 1230. The van der Waals surface area contributed by atoms with Crippen molar-refractivity contribution in [2.24, 2.45) is 0 Å². The van der Waals surface area contributed by atoms with Crippen molar-refractivity contribution in [2.75, 3.05) is 19.7 Å². The third kappa shape index (κ3) is 7.56. The Morgan fingerprint density at radius 3 is 2.22 bits per heavy atom. The Hall–Kier alpha value is -4.08. The molecule has 2 aromatic rings. The van der Waals surface area contributed by atoms with E-state index in [9.17, 15) is 24.3 Å². The van der Waals surface area contributed by atoms with E-state index in [1.807, 2.05) is 36.4 Å². The maximum absolute atomic E-state index is 13.4. The molecule has 0 radical (unpaired) electrons. The smallest absolute Gasteiger partial charge is 0.407 e. The first-order valence-corrected chi connectivity index (χ1v) is 14.2. The Kier molecular flexibility index (Phi) is 9.52. The van der Waals surface area contributed by atoms with Crippen LogP contribution in [0, 0.1) is 0 Å². The standard InChI is InChI=1S/C31H39N3O7/c1-31(2,3)41-29(38)32-17-9-8-15-25(27(35)34-18-10-16-26(34)28(36)37)33-30(39)40-19-24-22-13-6-4-11-20(22)21-12-5-7-14-23(21)24/h4-7,11-14,24-26H,8-10,15-19H2,1-3H3,(H,32,38)(H,33,39)(H,36,37). The fourth-order valence-electron chi connectivity index (χ4n) is 5.51. The fourth-order valence-corrected chi connectivity index (χ4v) is 5.51. The van der Waals surface area contributed by atoms with Crippen molar-refractivity contribution in [3.05, 3.63) is 59.7 Å². The molecule has 41 heavy (non-hydrogen) atoms. The van der Waals surface area contributed by atoms with Gasteiger partial charge in [-0.05, 0) is 75.1 Å². The minimum atomic E-state index is -1.06. The number of carbonyl (C=O) groups is 4. The normalized spacial score (nSPS) is 16.9. The van der Waals surface area contributed by atoms with Crippen LogP contribution in [-0.4, -0.2) is 71.5 Å². The van der Waals surface area contributed by atoms with Crippen molar-refractivity contribution in [3.8, 4) is 11.1 Å². The third-order valence-electron chi connectivity index (χ3n) is 7.34. The molecule has 1 saturated heterocycles. The zero-order valence-electron chi connectivity index (χ0n) is 23.9. The summed E-state index contributed by atoms with van der Waals surface area (Å²) in [5.41, 5.74) is 3.77. The average molecular weight is 566 g/mol. The minimum absolute atomic E-state index is 0.0993. The van der Waals surface area contributed by atoms with Crippen LogP contribution >= 0.6 is 0 Å². The molecule has 3 amide bonds. The molecule has 4 rings (SSSR count). The van der Waals surface area contributed by atoms with Gasteiger partial charge in [0.1, 0.15) is 24.3 Å². The van der Waals surface area contributed by atoms with Crippen molar-refractivity contribution >= 4 is 24.1 Å². The number of likely N-dealkylation sites (tertiary alicyclic amines) is 1. The highest BCUT2D eigenvalue weighted by molar-refractivity contribution is 5.89. The molecule has 1 aliphatic heterocycles. The van der Waals surface area contributed by atoms with E-state index in [0.717, 1.165) is 22.3 Å². The third-order valence-corrected chi connectivity index (χ3v) is 7.34. The number of unbranched alkanes of at least 4 members (excludes halogenated alkanes) is 1. The van der Waals surface area contributed by atoms with E-state index in [1.54, 1.807) is 20.8 Å². The average Bonchev–Trinajstić information content (AvgIpc) is 3.53. The molecular formula is C31H39N3O7. The summed E-state index contributed by atoms with van der Waals surface area (Å²) in [7, 11) is 0. The molecular weight excluding hydrogens is 526 g/mol. The molecule has 2 unspecified atom stereocenters. The van der Waals surface area contributed by atoms with E-state index in [4.69, 9.17) is 9.47 Å². The summed E-state index contributed by atoms with van der Waals surface area (Å²) in [6.07, 6.45) is 1.01. The van der Waals surface area contributed by atoms with Gasteiger partial charge in [0.2, 0.25) is 5.91 Å². The molecule has 220 valence electrons. The summed E-state index contributed by atoms with van der Waals surface area (Å²) in [5.74, 6) is -1.63. The van der Waals surface area contributed by atoms with Gasteiger partial charge in [-0.1, -0.05) is 48.5 Å². The van der Waals surface area contributed by atoms with Crippen LogP contribution < -0.4 is 10.6 Å². The Morgan fingerprint density at radius 1 is 0.976 bits per heavy atom. The van der Waals surface area contributed by atoms with Gasteiger partial charge in [-0.25, -0.2) is 14.4 Å². The number of amides is 3. The first-order valence-electron chi connectivity index (χ1n) is 14.2. The van der Waals surface area contributed by atoms with Gasteiger partial charge in [0, 0.05) is 19.0 Å². The van der Waals surface area contributed by atoms with Crippen LogP contribution in [0.2, 0.25) is 0 Å². The number of fused-ring (bicyclic) bond motifs is 3. The van der Waals surface area contributed by atoms with E-state index in [-0.39, 0.29) is 18.9 Å². The quantitative estimate of drug-likeness (QED) is 0.357. The van der Waals surface area contributed by atoms with Crippen molar-refractivity contribution in [1.29, 1.82) is 0 Å². The molecule has 2 atom stereocenters. The highest BCUT2D eigenvalue weighted by atomic mass is 16.6. The second-order valence-corrected chi connectivity index (χ2v) is 11.5. The van der Waals surface area contributed by atoms with Gasteiger partial charge >= 0.3 is 18.2 Å². The summed E-state index contributed by atoms with van der Waals surface area (Å²) in [5, 5.41) is 15.0. The van der Waals surface area contributed by atoms with Crippen LogP contribution in [0.15, 0.2) is 48.5 Å². The Labute approximate surface area is 240 Å². The number of nitrogens with one attached hydrogen (secondary N) is 2. The SMILES string of the molecule is CC(C)(C)OC(=O)NCCCCC(NC(=O)OCC1c2ccccc2-c2ccccc21)C(=O)N1CCCC1C(=O)O. The van der Waals surface area contributed by atoms with Gasteiger partial charge in [-0.2, -0.15) is 0 Å². The van der Waals surface area contributed by atoms with Gasteiger partial charge < -0.3 is 30.1 Å². The zero-order chi connectivity index (χ0) is 29.6. The number of rotatable bonds is 10. The molecule has 0 aromatic heterocycles. The van der Waals surface area contributed by atoms with Crippen LogP contribution in [0.5, 0.6) is 0 Å². The number of hydrogen-bond donors (Lipinski definition) is 3. The highest BCUT2D eigenvalue weighted by Gasteiger charge is 2.38. The molecule has 0 spiro atoms. The molecule has 1 fully saturated rings.